The number of halogens is 2. The summed E-state index contributed by atoms with van der Waals surface area (Å²) in [5, 5.41) is 5.39. The van der Waals surface area contributed by atoms with Crippen molar-refractivity contribution in [1.29, 1.82) is 0 Å². The van der Waals surface area contributed by atoms with Gasteiger partial charge in [0.05, 0.1) is 0 Å². The largest absolute Gasteiger partial charge is 0.484 e. The molecule has 0 fully saturated rings. The van der Waals surface area contributed by atoms with Crippen molar-refractivity contribution in [3.05, 3.63) is 95.6 Å². The minimum Gasteiger partial charge on any atom is -0.484 e. The second-order valence-electron chi connectivity index (χ2n) is 6.18. The Morgan fingerprint density at radius 3 is 2.38 bits per heavy atom. The van der Waals surface area contributed by atoms with Crippen molar-refractivity contribution < 1.29 is 23.1 Å². The van der Waals surface area contributed by atoms with Gasteiger partial charge in [0.15, 0.2) is 6.61 Å². The van der Waals surface area contributed by atoms with Gasteiger partial charge >= 0.3 is 0 Å². The first-order valence-corrected chi connectivity index (χ1v) is 8.80. The van der Waals surface area contributed by atoms with Gasteiger partial charge in [-0.3, -0.25) is 9.59 Å². The third kappa shape index (κ3) is 6.14. The zero-order valence-electron chi connectivity index (χ0n) is 15.3. The summed E-state index contributed by atoms with van der Waals surface area (Å²) in [5.41, 5.74) is 1.49. The Morgan fingerprint density at radius 1 is 0.862 bits per heavy atom. The van der Waals surface area contributed by atoms with Crippen LogP contribution in [0.15, 0.2) is 72.8 Å². The molecule has 0 aromatic heterocycles. The number of hydrogen-bond donors (Lipinski definition) is 2. The molecule has 2 amide bonds. The molecule has 0 spiro atoms. The third-order valence-electron chi connectivity index (χ3n) is 3.94. The number of hydrogen-bond acceptors (Lipinski definition) is 3. The van der Waals surface area contributed by atoms with Crippen LogP contribution in [0.4, 0.5) is 14.5 Å². The fraction of sp³-hybridized carbons (Fsp3) is 0.0909. The van der Waals surface area contributed by atoms with Crippen LogP contribution in [0.3, 0.4) is 0 Å². The molecule has 148 valence electrons. The van der Waals surface area contributed by atoms with Crippen molar-refractivity contribution in [2.24, 2.45) is 0 Å². The van der Waals surface area contributed by atoms with Crippen molar-refractivity contribution in [3.63, 3.8) is 0 Å². The summed E-state index contributed by atoms with van der Waals surface area (Å²) in [5.74, 6) is -1.26. The summed E-state index contributed by atoms with van der Waals surface area (Å²) in [7, 11) is 0. The molecule has 7 heteroatoms. The van der Waals surface area contributed by atoms with E-state index in [2.05, 4.69) is 10.6 Å². The lowest BCUT2D eigenvalue weighted by Crippen LogP contribution is -2.28. The third-order valence-corrected chi connectivity index (χ3v) is 3.94. The number of nitrogens with one attached hydrogen (secondary N) is 2. The lowest BCUT2D eigenvalue weighted by atomic mass is 10.1. The Bertz CT molecular complexity index is 1010. The van der Waals surface area contributed by atoms with Crippen molar-refractivity contribution >= 4 is 17.5 Å². The van der Waals surface area contributed by atoms with E-state index in [1.54, 1.807) is 24.3 Å². The Balaban J connectivity index is 1.50. The van der Waals surface area contributed by atoms with Crippen LogP contribution in [0.2, 0.25) is 0 Å². The molecular formula is C22H18F2N2O3. The van der Waals surface area contributed by atoms with Gasteiger partial charge < -0.3 is 15.4 Å². The van der Waals surface area contributed by atoms with Gasteiger partial charge in [-0.1, -0.05) is 18.2 Å². The molecule has 3 aromatic carbocycles. The van der Waals surface area contributed by atoms with Gasteiger partial charge in [-0.25, -0.2) is 8.78 Å². The lowest BCUT2D eigenvalue weighted by molar-refractivity contribution is -0.123. The minimum atomic E-state index is -0.489. The molecule has 3 aromatic rings. The van der Waals surface area contributed by atoms with Crippen LogP contribution < -0.4 is 15.4 Å². The van der Waals surface area contributed by atoms with Crippen LogP contribution >= 0.6 is 0 Å². The van der Waals surface area contributed by atoms with Crippen LogP contribution in [0, 0.1) is 11.6 Å². The van der Waals surface area contributed by atoms with E-state index in [-0.39, 0.29) is 30.4 Å². The summed E-state index contributed by atoms with van der Waals surface area (Å²) < 4.78 is 31.4. The molecule has 0 saturated heterocycles. The molecular weight excluding hydrogens is 378 g/mol. The van der Waals surface area contributed by atoms with Gasteiger partial charge in [0, 0.05) is 17.8 Å². The minimum absolute atomic E-state index is 0.207. The van der Waals surface area contributed by atoms with E-state index in [1.807, 2.05) is 0 Å². The van der Waals surface area contributed by atoms with E-state index < -0.39 is 11.7 Å². The fourth-order valence-corrected chi connectivity index (χ4v) is 2.52. The Hall–Kier alpha value is -3.74. The quantitative estimate of drug-likeness (QED) is 0.636. The topological polar surface area (TPSA) is 67.4 Å². The predicted molar refractivity (Wildman–Crippen MR) is 105 cm³/mol. The van der Waals surface area contributed by atoms with Crippen LogP contribution in [0.25, 0.3) is 0 Å². The highest BCUT2D eigenvalue weighted by molar-refractivity contribution is 6.04. The van der Waals surface area contributed by atoms with Crippen LogP contribution in [-0.2, 0) is 11.3 Å². The standard InChI is InChI=1S/C22H18F2N2O3/c23-17-7-9-20(10-8-17)29-14-21(27)25-13-15-3-1-6-19(11-15)26-22(28)16-4-2-5-18(24)12-16/h1-12H,13-14H2,(H,25,27)(H,26,28). The maximum absolute atomic E-state index is 13.2. The van der Waals surface area contributed by atoms with Gasteiger partial charge in [0.2, 0.25) is 0 Å². The molecule has 2 N–H and O–H groups in total. The fourth-order valence-electron chi connectivity index (χ4n) is 2.52. The predicted octanol–water partition coefficient (Wildman–Crippen LogP) is 3.91. The normalized spacial score (nSPS) is 10.3. The first-order chi connectivity index (χ1) is 14.0. The second-order valence-corrected chi connectivity index (χ2v) is 6.18. The first-order valence-electron chi connectivity index (χ1n) is 8.80. The monoisotopic (exact) mass is 396 g/mol. The number of benzene rings is 3. The van der Waals surface area contributed by atoms with Gasteiger partial charge in [-0.2, -0.15) is 0 Å². The highest BCUT2D eigenvalue weighted by Crippen LogP contribution is 2.14. The zero-order valence-corrected chi connectivity index (χ0v) is 15.3. The van der Waals surface area contributed by atoms with E-state index in [0.717, 1.165) is 11.6 Å². The van der Waals surface area contributed by atoms with Crippen LogP contribution in [0.5, 0.6) is 5.75 Å². The van der Waals surface area contributed by atoms with Crippen molar-refractivity contribution in [3.8, 4) is 5.75 Å². The van der Waals surface area contributed by atoms with Crippen molar-refractivity contribution in [2.45, 2.75) is 6.54 Å². The Kier molecular flexibility index (Phi) is 6.52. The molecule has 0 radical (unpaired) electrons. The first kappa shape index (κ1) is 20.0. The number of carbonyl (C=O) groups is 2. The summed E-state index contributed by atoms with van der Waals surface area (Å²) in [4.78, 5) is 24.1. The molecule has 0 heterocycles. The summed E-state index contributed by atoms with van der Waals surface area (Å²) >= 11 is 0. The van der Waals surface area contributed by atoms with E-state index in [9.17, 15) is 18.4 Å². The SMILES string of the molecule is O=C(COc1ccc(F)cc1)NCc1cccc(NC(=O)c2cccc(F)c2)c1. The number of amides is 2. The average molecular weight is 396 g/mol. The molecule has 3 rings (SSSR count). The average Bonchev–Trinajstić information content (AvgIpc) is 2.72. The van der Waals surface area contributed by atoms with Gasteiger partial charge in [0.1, 0.15) is 17.4 Å². The lowest BCUT2D eigenvalue weighted by Gasteiger charge is -2.10. The molecule has 0 unspecified atom stereocenters. The van der Waals surface area contributed by atoms with Gasteiger partial charge in [0.25, 0.3) is 11.8 Å². The molecule has 5 nitrogen and oxygen atoms in total. The number of carbonyl (C=O) groups excluding carboxylic acids is 2. The molecule has 0 bridgehead atoms. The number of ether oxygens (including phenoxy) is 1. The van der Waals surface area contributed by atoms with E-state index >= 15 is 0 Å². The maximum Gasteiger partial charge on any atom is 0.258 e. The van der Waals surface area contributed by atoms with E-state index in [1.165, 1.54) is 42.5 Å². The summed E-state index contributed by atoms with van der Waals surface area (Å²) in [6, 6.07) is 17.7. The Labute approximate surface area is 166 Å². The van der Waals surface area contributed by atoms with E-state index in [4.69, 9.17) is 4.74 Å². The molecule has 0 saturated carbocycles. The zero-order chi connectivity index (χ0) is 20.6. The highest BCUT2D eigenvalue weighted by Gasteiger charge is 2.08. The van der Waals surface area contributed by atoms with Crippen molar-refractivity contribution in [2.75, 3.05) is 11.9 Å². The maximum atomic E-state index is 13.2. The molecule has 0 atom stereocenters. The Morgan fingerprint density at radius 2 is 1.62 bits per heavy atom. The summed E-state index contributed by atoms with van der Waals surface area (Å²) in [6.07, 6.45) is 0. The van der Waals surface area contributed by atoms with E-state index in [0.29, 0.717) is 11.4 Å². The van der Waals surface area contributed by atoms with Crippen LogP contribution in [-0.4, -0.2) is 18.4 Å². The van der Waals surface area contributed by atoms with Crippen molar-refractivity contribution in [1.82, 2.24) is 5.32 Å². The van der Waals surface area contributed by atoms with Gasteiger partial charge in [-0.05, 0) is 60.2 Å². The second kappa shape index (κ2) is 9.45. The molecule has 0 aliphatic heterocycles. The number of anilines is 1. The van der Waals surface area contributed by atoms with Crippen LogP contribution in [0.1, 0.15) is 15.9 Å². The van der Waals surface area contributed by atoms with Gasteiger partial charge in [-0.15, -0.1) is 0 Å². The molecule has 29 heavy (non-hydrogen) atoms. The molecule has 0 aliphatic rings. The summed E-state index contributed by atoms with van der Waals surface area (Å²) in [6.45, 7) is 0.0247. The number of rotatable bonds is 7. The highest BCUT2D eigenvalue weighted by atomic mass is 19.1. The molecule has 0 aliphatic carbocycles. The smallest absolute Gasteiger partial charge is 0.258 e.